The van der Waals surface area contributed by atoms with Gasteiger partial charge in [-0.25, -0.2) is 14.8 Å². The van der Waals surface area contributed by atoms with Crippen LogP contribution in [0, 0.1) is 0 Å². The second-order valence-electron chi connectivity index (χ2n) is 5.78. The SMILES string of the molecule is CCn1c(=O)[nH]c2cc3c(NCCc4ccccn4)ncnc3cc21. The third-order valence-corrected chi connectivity index (χ3v) is 4.25. The van der Waals surface area contributed by atoms with E-state index < -0.39 is 0 Å². The summed E-state index contributed by atoms with van der Waals surface area (Å²) < 4.78 is 1.70. The van der Waals surface area contributed by atoms with Gasteiger partial charge < -0.3 is 10.3 Å². The van der Waals surface area contributed by atoms with Gasteiger partial charge in [-0.1, -0.05) is 6.07 Å². The zero-order valence-electron chi connectivity index (χ0n) is 13.9. The van der Waals surface area contributed by atoms with Gasteiger partial charge in [-0.15, -0.1) is 0 Å². The lowest BCUT2D eigenvalue weighted by molar-refractivity contribution is 0.753. The molecule has 0 saturated heterocycles. The average molecular weight is 334 g/mol. The van der Waals surface area contributed by atoms with Crippen LogP contribution in [-0.4, -0.2) is 31.0 Å². The van der Waals surface area contributed by atoms with Crippen molar-refractivity contribution in [1.29, 1.82) is 0 Å². The maximum atomic E-state index is 12.0. The molecule has 0 unspecified atom stereocenters. The minimum Gasteiger partial charge on any atom is -0.369 e. The summed E-state index contributed by atoms with van der Waals surface area (Å²) in [4.78, 5) is 27.9. The van der Waals surface area contributed by atoms with Crippen LogP contribution in [0.2, 0.25) is 0 Å². The van der Waals surface area contributed by atoms with Crippen LogP contribution >= 0.6 is 0 Å². The molecule has 0 amide bonds. The van der Waals surface area contributed by atoms with Crippen molar-refractivity contribution >= 4 is 27.8 Å². The van der Waals surface area contributed by atoms with E-state index >= 15 is 0 Å². The lowest BCUT2D eigenvalue weighted by atomic mass is 10.2. The van der Waals surface area contributed by atoms with E-state index in [4.69, 9.17) is 0 Å². The van der Waals surface area contributed by atoms with E-state index in [0.29, 0.717) is 13.1 Å². The number of aryl methyl sites for hydroxylation is 1. The molecule has 0 aliphatic rings. The van der Waals surface area contributed by atoms with Crippen LogP contribution < -0.4 is 11.0 Å². The fraction of sp³-hybridized carbons (Fsp3) is 0.222. The summed E-state index contributed by atoms with van der Waals surface area (Å²) >= 11 is 0. The maximum absolute atomic E-state index is 12.0. The fourth-order valence-corrected chi connectivity index (χ4v) is 3.02. The van der Waals surface area contributed by atoms with Crippen molar-refractivity contribution in [3.63, 3.8) is 0 Å². The second-order valence-corrected chi connectivity index (χ2v) is 5.78. The standard InChI is InChI=1S/C18H18N6O/c1-2-24-16-10-14-13(9-15(16)23-18(24)25)17(22-11-21-14)20-8-6-12-5-3-4-7-19-12/h3-5,7,9-11H,2,6,8H2,1H3,(H,23,25)(H,20,21,22). The van der Waals surface area contributed by atoms with Crippen molar-refractivity contribution in [3.8, 4) is 0 Å². The predicted octanol–water partition coefficient (Wildman–Crippen LogP) is 2.34. The Bertz CT molecular complexity index is 1080. The van der Waals surface area contributed by atoms with E-state index in [-0.39, 0.29) is 5.69 Å². The molecule has 0 aliphatic carbocycles. The molecule has 1 aromatic carbocycles. The van der Waals surface area contributed by atoms with Crippen molar-refractivity contribution in [2.24, 2.45) is 0 Å². The third-order valence-electron chi connectivity index (χ3n) is 4.25. The molecule has 0 fully saturated rings. The molecule has 7 heteroatoms. The van der Waals surface area contributed by atoms with E-state index in [1.54, 1.807) is 10.8 Å². The van der Waals surface area contributed by atoms with Gasteiger partial charge >= 0.3 is 5.69 Å². The Morgan fingerprint density at radius 2 is 2.12 bits per heavy atom. The van der Waals surface area contributed by atoms with Crippen molar-refractivity contribution in [3.05, 3.63) is 59.0 Å². The average Bonchev–Trinajstić information content (AvgIpc) is 2.95. The first kappa shape index (κ1) is 15.3. The number of benzene rings is 1. The van der Waals surface area contributed by atoms with Crippen molar-refractivity contribution in [2.45, 2.75) is 19.9 Å². The zero-order valence-corrected chi connectivity index (χ0v) is 13.9. The van der Waals surface area contributed by atoms with Crippen molar-refractivity contribution in [2.75, 3.05) is 11.9 Å². The number of nitrogens with one attached hydrogen (secondary N) is 2. The van der Waals surface area contributed by atoms with Crippen LogP contribution in [0.1, 0.15) is 12.6 Å². The van der Waals surface area contributed by atoms with Gasteiger partial charge in [0.1, 0.15) is 12.1 Å². The molecular formula is C18H18N6O. The predicted molar refractivity (Wildman–Crippen MR) is 97.8 cm³/mol. The first-order valence-corrected chi connectivity index (χ1v) is 8.27. The molecular weight excluding hydrogens is 316 g/mol. The highest BCUT2D eigenvalue weighted by Crippen LogP contribution is 2.24. The Hall–Kier alpha value is -3.22. The summed E-state index contributed by atoms with van der Waals surface area (Å²) in [6, 6.07) is 9.75. The van der Waals surface area contributed by atoms with E-state index in [0.717, 1.165) is 39.9 Å². The van der Waals surface area contributed by atoms with Crippen molar-refractivity contribution in [1.82, 2.24) is 24.5 Å². The summed E-state index contributed by atoms with van der Waals surface area (Å²) in [5.74, 6) is 0.757. The van der Waals surface area contributed by atoms with Gasteiger partial charge in [0.05, 0.1) is 16.6 Å². The smallest absolute Gasteiger partial charge is 0.326 e. The topological polar surface area (TPSA) is 88.5 Å². The number of pyridine rings is 1. The first-order chi connectivity index (χ1) is 12.3. The normalized spacial score (nSPS) is 11.2. The molecule has 0 spiro atoms. The lowest BCUT2D eigenvalue weighted by Crippen LogP contribution is -2.14. The molecule has 4 aromatic rings. The summed E-state index contributed by atoms with van der Waals surface area (Å²) in [5, 5.41) is 4.24. The molecule has 0 atom stereocenters. The molecule has 3 aromatic heterocycles. The Morgan fingerprint density at radius 1 is 1.20 bits per heavy atom. The summed E-state index contributed by atoms with van der Waals surface area (Å²) in [6.07, 6.45) is 4.14. The molecule has 7 nitrogen and oxygen atoms in total. The minimum atomic E-state index is -0.106. The molecule has 0 radical (unpaired) electrons. The molecule has 0 bridgehead atoms. The molecule has 0 aliphatic heterocycles. The number of aromatic nitrogens is 5. The van der Waals surface area contributed by atoms with Crippen LogP contribution in [0.15, 0.2) is 47.7 Å². The molecule has 25 heavy (non-hydrogen) atoms. The largest absolute Gasteiger partial charge is 0.369 e. The number of imidazole rings is 1. The number of aromatic amines is 1. The van der Waals surface area contributed by atoms with Crippen LogP contribution in [0.5, 0.6) is 0 Å². The number of anilines is 1. The van der Waals surface area contributed by atoms with Gasteiger partial charge in [0, 0.05) is 36.8 Å². The van der Waals surface area contributed by atoms with Gasteiger partial charge in [-0.2, -0.15) is 0 Å². The van der Waals surface area contributed by atoms with E-state index in [1.165, 1.54) is 6.33 Å². The summed E-state index contributed by atoms with van der Waals surface area (Å²) in [5.41, 5.74) is 3.38. The van der Waals surface area contributed by atoms with Crippen LogP contribution in [0.4, 0.5) is 5.82 Å². The molecule has 4 rings (SSSR count). The zero-order chi connectivity index (χ0) is 17.2. The molecule has 126 valence electrons. The van der Waals surface area contributed by atoms with Gasteiger partial charge in [-0.3, -0.25) is 9.55 Å². The van der Waals surface area contributed by atoms with Gasteiger partial charge in [0.15, 0.2) is 0 Å². The van der Waals surface area contributed by atoms with Crippen LogP contribution in [0.25, 0.3) is 21.9 Å². The number of rotatable bonds is 5. The minimum absolute atomic E-state index is 0.106. The molecule has 2 N–H and O–H groups in total. The third kappa shape index (κ3) is 2.84. The first-order valence-electron chi connectivity index (χ1n) is 8.27. The van der Waals surface area contributed by atoms with Gasteiger partial charge in [0.25, 0.3) is 0 Å². The monoisotopic (exact) mass is 334 g/mol. The molecule has 3 heterocycles. The van der Waals surface area contributed by atoms with E-state index in [1.807, 2.05) is 37.3 Å². The highest BCUT2D eigenvalue weighted by molar-refractivity contribution is 5.98. The fourth-order valence-electron chi connectivity index (χ4n) is 3.02. The maximum Gasteiger partial charge on any atom is 0.326 e. The lowest BCUT2D eigenvalue weighted by Gasteiger charge is -2.08. The number of hydrogen-bond acceptors (Lipinski definition) is 5. The quantitative estimate of drug-likeness (QED) is 0.585. The Balaban J connectivity index is 1.67. The number of nitrogens with zero attached hydrogens (tertiary/aromatic N) is 4. The van der Waals surface area contributed by atoms with Gasteiger partial charge in [0.2, 0.25) is 0 Å². The Morgan fingerprint density at radius 3 is 2.92 bits per heavy atom. The van der Waals surface area contributed by atoms with E-state index in [9.17, 15) is 4.79 Å². The Kier molecular flexibility index (Phi) is 3.89. The van der Waals surface area contributed by atoms with Crippen LogP contribution in [0.3, 0.4) is 0 Å². The van der Waals surface area contributed by atoms with Crippen molar-refractivity contribution < 1.29 is 0 Å². The number of H-pyrrole nitrogens is 1. The van der Waals surface area contributed by atoms with E-state index in [2.05, 4.69) is 25.3 Å². The summed E-state index contributed by atoms with van der Waals surface area (Å²) in [7, 11) is 0. The second kappa shape index (κ2) is 6.35. The van der Waals surface area contributed by atoms with Crippen LogP contribution in [-0.2, 0) is 13.0 Å². The van der Waals surface area contributed by atoms with Gasteiger partial charge in [-0.05, 0) is 31.2 Å². The Labute approximate surface area is 143 Å². The summed E-state index contributed by atoms with van der Waals surface area (Å²) in [6.45, 7) is 3.28. The molecule has 0 saturated carbocycles. The highest BCUT2D eigenvalue weighted by Gasteiger charge is 2.10. The number of hydrogen-bond donors (Lipinski definition) is 2. The number of fused-ring (bicyclic) bond motifs is 2. The highest BCUT2D eigenvalue weighted by atomic mass is 16.1.